The van der Waals surface area contributed by atoms with Crippen LogP contribution in [0.25, 0.3) is 10.2 Å². The van der Waals surface area contributed by atoms with Gasteiger partial charge >= 0.3 is 5.97 Å². The minimum Gasteiger partial charge on any atom is -0.465 e. The van der Waals surface area contributed by atoms with Crippen LogP contribution >= 0.6 is 11.3 Å². The maximum absolute atomic E-state index is 13.6. The van der Waals surface area contributed by atoms with Crippen molar-refractivity contribution in [3.63, 3.8) is 0 Å². The normalized spacial score (nSPS) is 10.7. The van der Waals surface area contributed by atoms with E-state index in [4.69, 9.17) is 4.74 Å². The zero-order chi connectivity index (χ0) is 20.2. The number of hydrogen-bond donors (Lipinski definition) is 0. The third-order valence-electron chi connectivity index (χ3n) is 4.50. The Morgan fingerprint density at radius 2 is 1.55 bits per heavy atom. The Morgan fingerprint density at radius 3 is 2.28 bits per heavy atom. The highest BCUT2D eigenvalue weighted by Gasteiger charge is 2.25. The second-order valence-electron chi connectivity index (χ2n) is 6.38. The van der Waals surface area contributed by atoms with Crippen molar-refractivity contribution in [3.8, 4) is 0 Å². The van der Waals surface area contributed by atoms with E-state index in [1.807, 2.05) is 54.6 Å². The summed E-state index contributed by atoms with van der Waals surface area (Å²) < 4.78 is 5.85. The second-order valence-corrected chi connectivity index (χ2v) is 7.39. The molecule has 144 valence electrons. The van der Waals surface area contributed by atoms with Crippen LogP contribution in [0.15, 0.2) is 78.9 Å². The topological polar surface area (TPSA) is 59.5 Å². The Balaban J connectivity index is 1.80. The number of methoxy groups -OCH3 is 1. The van der Waals surface area contributed by atoms with Gasteiger partial charge in [0.15, 0.2) is 5.13 Å². The van der Waals surface area contributed by atoms with Crippen LogP contribution in [0.2, 0.25) is 0 Å². The monoisotopic (exact) mass is 402 g/mol. The van der Waals surface area contributed by atoms with Crippen LogP contribution in [-0.4, -0.2) is 24.0 Å². The lowest BCUT2D eigenvalue weighted by molar-refractivity contribution is 0.0597. The SMILES string of the molecule is COC(=O)c1ccccc1C(=O)N(Cc1ccccc1)c1nc2ccccc2s1. The standard InChI is InChI=1S/C23H18N2O3S/c1-28-22(27)18-12-6-5-11-17(18)21(26)25(15-16-9-3-2-4-10-16)23-24-19-13-7-8-14-20(19)29-23/h2-14H,15H2,1H3. The largest absolute Gasteiger partial charge is 0.465 e. The summed E-state index contributed by atoms with van der Waals surface area (Å²) in [6, 6.07) is 24.1. The van der Waals surface area contributed by atoms with E-state index in [1.54, 1.807) is 29.2 Å². The summed E-state index contributed by atoms with van der Waals surface area (Å²) in [6.07, 6.45) is 0. The molecule has 0 spiro atoms. The van der Waals surface area contributed by atoms with Crippen LogP contribution in [0.4, 0.5) is 5.13 Å². The molecular weight excluding hydrogens is 384 g/mol. The Morgan fingerprint density at radius 1 is 0.897 bits per heavy atom. The Hall–Kier alpha value is -3.51. The van der Waals surface area contributed by atoms with E-state index in [-0.39, 0.29) is 17.0 Å². The third kappa shape index (κ3) is 3.88. The van der Waals surface area contributed by atoms with Gasteiger partial charge in [-0.05, 0) is 29.8 Å². The highest BCUT2D eigenvalue weighted by atomic mass is 32.1. The zero-order valence-corrected chi connectivity index (χ0v) is 16.6. The molecule has 5 nitrogen and oxygen atoms in total. The fourth-order valence-electron chi connectivity index (χ4n) is 3.07. The van der Waals surface area contributed by atoms with Gasteiger partial charge in [-0.1, -0.05) is 65.9 Å². The van der Waals surface area contributed by atoms with Gasteiger partial charge in [0, 0.05) is 0 Å². The average Bonchev–Trinajstić information content (AvgIpc) is 3.21. The van der Waals surface area contributed by atoms with Gasteiger partial charge in [-0.25, -0.2) is 9.78 Å². The summed E-state index contributed by atoms with van der Waals surface area (Å²) in [5.41, 5.74) is 2.32. The molecule has 0 fully saturated rings. The van der Waals surface area contributed by atoms with Crippen LogP contribution in [0.3, 0.4) is 0 Å². The summed E-state index contributed by atoms with van der Waals surface area (Å²) in [6.45, 7) is 0.342. The van der Waals surface area contributed by atoms with Gasteiger partial charge in [0.25, 0.3) is 5.91 Å². The Kier molecular flexibility index (Phi) is 5.35. The van der Waals surface area contributed by atoms with E-state index in [1.165, 1.54) is 18.4 Å². The van der Waals surface area contributed by atoms with Crippen molar-refractivity contribution in [1.29, 1.82) is 0 Å². The van der Waals surface area contributed by atoms with Crippen LogP contribution in [0.1, 0.15) is 26.3 Å². The van der Waals surface area contributed by atoms with Crippen molar-refractivity contribution in [3.05, 3.63) is 95.6 Å². The molecule has 0 saturated heterocycles. The molecule has 0 unspecified atom stereocenters. The molecule has 0 aliphatic carbocycles. The number of thiazole rings is 1. The van der Waals surface area contributed by atoms with Gasteiger partial charge in [0.05, 0.1) is 35.0 Å². The van der Waals surface area contributed by atoms with Gasteiger partial charge in [0.1, 0.15) is 0 Å². The number of rotatable bonds is 5. The van der Waals surface area contributed by atoms with E-state index in [2.05, 4.69) is 4.98 Å². The summed E-state index contributed by atoms with van der Waals surface area (Å²) >= 11 is 1.45. The average molecular weight is 402 g/mol. The van der Waals surface area contributed by atoms with Crippen molar-refractivity contribution in [2.45, 2.75) is 6.54 Å². The minimum absolute atomic E-state index is 0.235. The highest BCUT2D eigenvalue weighted by Crippen LogP contribution is 2.31. The number of para-hydroxylation sites is 1. The first-order chi connectivity index (χ1) is 14.2. The van der Waals surface area contributed by atoms with Crippen molar-refractivity contribution >= 4 is 38.6 Å². The first-order valence-corrected chi connectivity index (χ1v) is 9.87. The van der Waals surface area contributed by atoms with Gasteiger partial charge in [0.2, 0.25) is 0 Å². The summed E-state index contributed by atoms with van der Waals surface area (Å²) in [5.74, 6) is -0.841. The lowest BCUT2D eigenvalue weighted by atomic mass is 10.1. The number of hydrogen-bond acceptors (Lipinski definition) is 5. The van der Waals surface area contributed by atoms with E-state index >= 15 is 0 Å². The number of aromatic nitrogens is 1. The Bertz CT molecular complexity index is 1140. The first kappa shape index (κ1) is 18.8. The maximum Gasteiger partial charge on any atom is 0.338 e. The molecule has 29 heavy (non-hydrogen) atoms. The molecule has 1 amide bonds. The van der Waals surface area contributed by atoms with Crippen molar-refractivity contribution in [1.82, 2.24) is 4.98 Å². The number of carbonyl (C=O) groups is 2. The summed E-state index contributed by atoms with van der Waals surface area (Å²) in [5, 5.41) is 0.583. The highest BCUT2D eigenvalue weighted by molar-refractivity contribution is 7.22. The van der Waals surface area contributed by atoms with Gasteiger partial charge in [-0.3, -0.25) is 9.69 Å². The van der Waals surface area contributed by atoms with Crippen LogP contribution in [0, 0.1) is 0 Å². The minimum atomic E-state index is -0.544. The molecule has 0 bridgehead atoms. The molecule has 0 N–H and O–H groups in total. The fourth-order valence-corrected chi connectivity index (χ4v) is 4.03. The lowest BCUT2D eigenvalue weighted by Gasteiger charge is -2.21. The first-order valence-electron chi connectivity index (χ1n) is 9.06. The number of benzene rings is 3. The number of carbonyl (C=O) groups excluding carboxylic acids is 2. The molecule has 1 aromatic heterocycles. The molecule has 4 aromatic rings. The summed E-state index contributed by atoms with van der Waals surface area (Å²) in [4.78, 5) is 32.0. The number of ether oxygens (including phenoxy) is 1. The van der Waals surface area contributed by atoms with Gasteiger partial charge in [-0.15, -0.1) is 0 Å². The lowest BCUT2D eigenvalue weighted by Crippen LogP contribution is -2.31. The molecule has 0 aliphatic rings. The van der Waals surface area contributed by atoms with Gasteiger partial charge in [-0.2, -0.15) is 0 Å². The number of anilines is 1. The van der Waals surface area contributed by atoms with E-state index in [0.29, 0.717) is 11.7 Å². The second kappa shape index (κ2) is 8.24. The predicted molar refractivity (Wildman–Crippen MR) is 114 cm³/mol. The van der Waals surface area contributed by atoms with E-state index < -0.39 is 5.97 Å². The molecule has 0 atom stereocenters. The Labute approximate surface area is 172 Å². The van der Waals surface area contributed by atoms with Crippen LogP contribution in [-0.2, 0) is 11.3 Å². The predicted octanol–water partition coefficient (Wildman–Crippen LogP) is 4.93. The molecule has 6 heteroatoms. The molecule has 0 radical (unpaired) electrons. The van der Waals surface area contributed by atoms with Crippen LogP contribution in [0.5, 0.6) is 0 Å². The van der Waals surface area contributed by atoms with E-state index in [0.717, 1.165) is 15.8 Å². The molecular formula is C23H18N2O3S. The smallest absolute Gasteiger partial charge is 0.338 e. The van der Waals surface area contributed by atoms with Crippen LogP contribution < -0.4 is 4.90 Å². The number of esters is 1. The fraction of sp³-hybridized carbons (Fsp3) is 0.0870. The van der Waals surface area contributed by atoms with Crippen molar-refractivity contribution in [2.24, 2.45) is 0 Å². The zero-order valence-electron chi connectivity index (χ0n) is 15.7. The molecule has 0 saturated carbocycles. The van der Waals surface area contributed by atoms with E-state index in [9.17, 15) is 9.59 Å². The molecule has 4 rings (SSSR count). The van der Waals surface area contributed by atoms with Gasteiger partial charge < -0.3 is 4.74 Å². The quantitative estimate of drug-likeness (QED) is 0.444. The van der Waals surface area contributed by atoms with Crippen molar-refractivity contribution in [2.75, 3.05) is 12.0 Å². The molecule has 1 heterocycles. The molecule has 3 aromatic carbocycles. The summed E-state index contributed by atoms with van der Waals surface area (Å²) in [7, 11) is 1.30. The van der Waals surface area contributed by atoms with Crippen molar-refractivity contribution < 1.29 is 14.3 Å². The number of nitrogens with zero attached hydrogens (tertiary/aromatic N) is 2. The number of amides is 1. The number of fused-ring (bicyclic) bond motifs is 1. The third-order valence-corrected chi connectivity index (χ3v) is 5.56. The maximum atomic E-state index is 13.6. The molecule has 0 aliphatic heterocycles.